The van der Waals surface area contributed by atoms with E-state index in [2.05, 4.69) is 22.9 Å². The smallest absolute Gasteiger partial charge is 0.316 e. The molecule has 1 heterocycles. The lowest BCUT2D eigenvalue weighted by molar-refractivity contribution is 0.0731. The Morgan fingerprint density at radius 3 is 2.75 bits per heavy atom. The number of hydrogen-bond donors (Lipinski definition) is 4. The van der Waals surface area contributed by atoms with Crippen LogP contribution in [-0.2, 0) is 4.74 Å². The highest BCUT2D eigenvalue weighted by molar-refractivity contribution is 5.87. The van der Waals surface area contributed by atoms with Crippen molar-refractivity contribution in [3.8, 4) is 0 Å². The first-order valence-corrected chi connectivity index (χ1v) is 6.87. The molecule has 2 amide bonds. The Kier molecular flexibility index (Phi) is 5.20. The van der Waals surface area contributed by atoms with Gasteiger partial charge in [0.2, 0.25) is 0 Å². The van der Waals surface area contributed by atoms with Gasteiger partial charge in [-0.2, -0.15) is 0 Å². The molecule has 1 aliphatic rings. The minimum absolute atomic E-state index is 0.337. The summed E-state index contributed by atoms with van der Waals surface area (Å²) in [6.45, 7) is 4.64. The van der Waals surface area contributed by atoms with Crippen molar-refractivity contribution in [1.29, 1.82) is 0 Å². The fourth-order valence-corrected chi connectivity index (χ4v) is 2.33. The molecule has 0 saturated carbocycles. The summed E-state index contributed by atoms with van der Waals surface area (Å²) in [6, 6.07) is 7.68. The second-order valence-electron chi connectivity index (χ2n) is 5.07. The Hall–Kier alpha value is -1.79. The van der Waals surface area contributed by atoms with Gasteiger partial charge in [0.15, 0.2) is 0 Å². The minimum atomic E-state index is -0.553. The van der Waals surface area contributed by atoms with Crippen LogP contribution in [0.2, 0.25) is 0 Å². The van der Waals surface area contributed by atoms with E-state index < -0.39 is 6.03 Å². The zero-order chi connectivity index (χ0) is 14.4. The second kappa shape index (κ2) is 7.12. The third-order valence-corrected chi connectivity index (χ3v) is 3.20. The number of morpholine rings is 1. The SMILES string of the molecule is CC(CC1COCCN1)Nc1ccc(NC(N)=O)cc1. The van der Waals surface area contributed by atoms with E-state index in [1.807, 2.05) is 24.3 Å². The van der Waals surface area contributed by atoms with Gasteiger partial charge in [-0.15, -0.1) is 0 Å². The lowest BCUT2D eigenvalue weighted by atomic mass is 10.1. The van der Waals surface area contributed by atoms with E-state index in [1.165, 1.54) is 0 Å². The van der Waals surface area contributed by atoms with E-state index in [4.69, 9.17) is 10.5 Å². The number of carbonyl (C=O) groups excluding carboxylic acids is 1. The van der Waals surface area contributed by atoms with Crippen LogP contribution in [0.5, 0.6) is 0 Å². The Balaban J connectivity index is 1.81. The molecule has 0 aliphatic carbocycles. The topological polar surface area (TPSA) is 88.4 Å². The Morgan fingerprint density at radius 1 is 1.45 bits per heavy atom. The molecule has 0 spiro atoms. The molecule has 2 unspecified atom stereocenters. The summed E-state index contributed by atoms with van der Waals surface area (Å²) in [7, 11) is 0. The molecule has 1 aliphatic heterocycles. The molecule has 110 valence electrons. The van der Waals surface area contributed by atoms with Gasteiger partial charge in [0.1, 0.15) is 0 Å². The van der Waals surface area contributed by atoms with Crippen molar-refractivity contribution < 1.29 is 9.53 Å². The van der Waals surface area contributed by atoms with Crippen molar-refractivity contribution in [2.75, 3.05) is 30.4 Å². The van der Waals surface area contributed by atoms with Crippen molar-refractivity contribution in [2.24, 2.45) is 5.73 Å². The zero-order valence-corrected chi connectivity index (χ0v) is 11.7. The third kappa shape index (κ3) is 4.71. The summed E-state index contributed by atoms with van der Waals surface area (Å²) in [5.41, 5.74) is 6.77. The van der Waals surface area contributed by atoms with E-state index in [0.717, 1.165) is 31.9 Å². The van der Waals surface area contributed by atoms with Gasteiger partial charge < -0.3 is 26.4 Å². The van der Waals surface area contributed by atoms with Crippen LogP contribution in [-0.4, -0.2) is 37.9 Å². The molecule has 1 saturated heterocycles. The minimum Gasteiger partial charge on any atom is -0.383 e. The standard InChI is InChI=1S/C14H22N4O2/c1-10(8-13-9-20-7-6-16-13)17-11-2-4-12(5-3-11)18-14(15)19/h2-5,10,13,16-17H,6-9H2,1H3,(H3,15,18,19). The van der Waals surface area contributed by atoms with Gasteiger partial charge in [-0.3, -0.25) is 0 Å². The monoisotopic (exact) mass is 278 g/mol. The summed E-state index contributed by atoms with van der Waals surface area (Å²) in [6.07, 6.45) is 1.00. The van der Waals surface area contributed by atoms with Gasteiger partial charge in [-0.25, -0.2) is 4.79 Å². The molecule has 0 aromatic heterocycles. The van der Waals surface area contributed by atoms with Crippen LogP contribution < -0.4 is 21.7 Å². The number of carbonyl (C=O) groups is 1. The van der Waals surface area contributed by atoms with Gasteiger partial charge in [-0.1, -0.05) is 0 Å². The number of urea groups is 1. The van der Waals surface area contributed by atoms with Crippen LogP contribution in [0.1, 0.15) is 13.3 Å². The molecule has 1 fully saturated rings. The third-order valence-electron chi connectivity index (χ3n) is 3.20. The van der Waals surface area contributed by atoms with Gasteiger partial charge in [0, 0.05) is 30.0 Å². The highest BCUT2D eigenvalue weighted by Crippen LogP contribution is 2.15. The summed E-state index contributed by atoms with van der Waals surface area (Å²) in [5.74, 6) is 0. The fraction of sp³-hybridized carbons (Fsp3) is 0.500. The number of hydrogen-bond acceptors (Lipinski definition) is 4. The quantitative estimate of drug-likeness (QED) is 0.655. The number of benzene rings is 1. The van der Waals surface area contributed by atoms with Crippen molar-refractivity contribution in [1.82, 2.24) is 5.32 Å². The zero-order valence-electron chi connectivity index (χ0n) is 11.7. The molecule has 0 radical (unpaired) electrons. The maximum atomic E-state index is 10.7. The molecule has 1 aromatic rings. The highest BCUT2D eigenvalue weighted by Gasteiger charge is 2.16. The molecule has 5 N–H and O–H groups in total. The normalized spacial score (nSPS) is 20.1. The van der Waals surface area contributed by atoms with Crippen molar-refractivity contribution >= 4 is 17.4 Å². The summed E-state index contributed by atoms with van der Waals surface area (Å²) < 4.78 is 5.44. The fourth-order valence-electron chi connectivity index (χ4n) is 2.33. The molecule has 2 rings (SSSR count). The number of primary amides is 1. The van der Waals surface area contributed by atoms with Crippen LogP contribution in [0.3, 0.4) is 0 Å². The van der Waals surface area contributed by atoms with Gasteiger partial charge in [0.25, 0.3) is 0 Å². The largest absolute Gasteiger partial charge is 0.383 e. The Morgan fingerprint density at radius 2 is 2.15 bits per heavy atom. The van der Waals surface area contributed by atoms with Crippen LogP contribution in [0.25, 0.3) is 0 Å². The van der Waals surface area contributed by atoms with Crippen molar-refractivity contribution in [3.05, 3.63) is 24.3 Å². The average molecular weight is 278 g/mol. The number of rotatable bonds is 5. The number of anilines is 2. The molecule has 6 heteroatoms. The van der Waals surface area contributed by atoms with Crippen LogP contribution in [0.4, 0.5) is 16.2 Å². The van der Waals surface area contributed by atoms with Crippen LogP contribution in [0, 0.1) is 0 Å². The van der Waals surface area contributed by atoms with E-state index in [-0.39, 0.29) is 0 Å². The van der Waals surface area contributed by atoms with Crippen molar-refractivity contribution in [2.45, 2.75) is 25.4 Å². The van der Waals surface area contributed by atoms with Crippen molar-refractivity contribution in [3.63, 3.8) is 0 Å². The number of amides is 2. The lowest BCUT2D eigenvalue weighted by Gasteiger charge is -2.27. The predicted molar refractivity (Wildman–Crippen MR) is 80.0 cm³/mol. The summed E-state index contributed by atoms with van der Waals surface area (Å²) in [5, 5.41) is 9.41. The van der Waals surface area contributed by atoms with Gasteiger partial charge >= 0.3 is 6.03 Å². The number of ether oxygens (including phenoxy) is 1. The van der Waals surface area contributed by atoms with E-state index in [9.17, 15) is 4.79 Å². The van der Waals surface area contributed by atoms with E-state index >= 15 is 0 Å². The summed E-state index contributed by atoms with van der Waals surface area (Å²) in [4.78, 5) is 10.7. The van der Waals surface area contributed by atoms with E-state index in [0.29, 0.717) is 17.8 Å². The molecule has 0 bridgehead atoms. The number of nitrogens with one attached hydrogen (secondary N) is 3. The molecule has 20 heavy (non-hydrogen) atoms. The second-order valence-corrected chi connectivity index (χ2v) is 5.07. The average Bonchev–Trinajstić information content (AvgIpc) is 2.41. The summed E-state index contributed by atoms with van der Waals surface area (Å²) >= 11 is 0. The van der Waals surface area contributed by atoms with Gasteiger partial charge in [0.05, 0.1) is 13.2 Å². The van der Waals surface area contributed by atoms with Crippen LogP contribution in [0.15, 0.2) is 24.3 Å². The first kappa shape index (κ1) is 14.6. The maximum Gasteiger partial charge on any atom is 0.316 e. The molecule has 1 aromatic carbocycles. The predicted octanol–water partition coefficient (Wildman–Crippen LogP) is 1.36. The van der Waals surface area contributed by atoms with E-state index in [1.54, 1.807) is 0 Å². The Labute approximate surface area is 119 Å². The lowest BCUT2D eigenvalue weighted by Crippen LogP contribution is -2.43. The number of nitrogens with two attached hydrogens (primary N) is 1. The molecular formula is C14H22N4O2. The molecule has 2 atom stereocenters. The van der Waals surface area contributed by atoms with Crippen LogP contribution >= 0.6 is 0 Å². The molecular weight excluding hydrogens is 256 g/mol. The Bertz CT molecular complexity index is 429. The first-order valence-electron chi connectivity index (χ1n) is 6.87. The first-order chi connectivity index (χ1) is 9.63. The highest BCUT2D eigenvalue weighted by atomic mass is 16.5. The van der Waals surface area contributed by atoms with Gasteiger partial charge in [-0.05, 0) is 37.6 Å². The maximum absolute atomic E-state index is 10.7. The molecule has 6 nitrogen and oxygen atoms in total.